The van der Waals surface area contributed by atoms with Crippen LogP contribution in [0.3, 0.4) is 0 Å². The van der Waals surface area contributed by atoms with Gasteiger partial charge in [-0.3, -0.25) is 24.6 Å². The summed E-state index contributed by atoms with van der Waals surface area (Å²) in [6, 6.07) is 15.0. The highest BCUT2D eigenvalue weighted by Crippen LogP contribution is 2.65. The number of amides is 4. The summed E-state index contributed by atoms with van der Waals surface area (Å²) in [6.45, 7) is 1.79. The summed E-state index contributed by atoms with van der Waals surface area (Å²) in [5.74, 6) is -7.84. The first-order chi connectivity index (χ1) is 27.0. The van der Waals surface area contributed by atoms with E-state index in [9.17, 15) is 32.7 Å². The van der Waals surface area contributed by atoms with E-state index in [0.29, 0.717) is 49.7 Å². The molecular weight excluding hydrogens is 876 g/mol. The summed E-state index contributed by atoms with van der Waals surface area (Å²) in [4.78, 5) is 64.0. The number of alkyl halides is 3. The molecule has 10 nitrogen and oxygen atoms in total. The van der Waals surface area contributed by atoms with E-state index in [-0.39, 0.29) is 34.6 Å². The predicted octanol–water partition coefficient (Wildman–Crippen LogP) is 9.04. The number of carbonyl (C=O) groups excluding carboxylic acids is 4. The SMILES string of the molecule is COc1cc(C2C3=CCC4C(=O)N(c5ccc(C)c(Cl)c5)C(=O)C4C3CC3C(=O)N(Nc4ncc(C(F)(F)F)cc4Cl)C(=O)C32c2ccc(Cl)cc2)cc(Br)c1O. The molecule has 3 aromatic carbocycles. The zero-order valence-electron chi connectivity index (χ0n) is 29.7. The molecule has 1 aromatic heterocycles. The minimum absolute atomic E-state index is 0.0422. The highest BCUT2D eigenvalue weighted by atomic mass is 79.9. The Balaban J connectivity index is 1.33. The second kappa shape index (κ2) is 14.0. The highest BCUT2D eigenvalue weighted by Gasteiger charge is 2.70. The Morgan fingerprint density at radius 3 is 2.32 bits per heavy atom. The molecule has 6 atom stereocenters. The molecule has 294 valence electrons. The van der Waals surface area contributed by atoms with Crippen LogP contribution in [0.25, 0.3) is 0 Å². The molecule has 0 spiro atoms. The van der Waals surface area contributed by atoms with Gasteiger partial charge in [-0.15, -0.1) is 0 Å². The maximum Gasteiger partial charge on any atom is 0.417 e. The second-order valence-electron chi connectivity index (χ2n) is 14.4. The zero-order chi connectivity index (χ0) is 40.9. The molecule has 8 rings (SSSR count). The molecule has 0 radical (unpaired) electrons. The van der Waals surface area contributed by atoms with Gasteiger partial charge in [0, 0.05) is 22.2 Å². The summed E-state index contributed by atoms with van der Waals surface area (Å²) >= 11 is 22.5. The van der Waals surface area contributed by atoms with Gasteiger partial charge < -0.3 is 9.84 Å². The van der Waals surface area contributed by atoms with Crippen LogP contribution >= 0.6 is 50.7 Å². The predicted molar refractivity (Wildman–Crippen MR) is 208 cm³/mol. The third kappa shape index (κ3) is 6.01. The fourth-order valence-corrected chi connectivity index (χ4v) is 10.0. The lowest BCUT2D eigenvalue weighted by molar-refractivity contribution is -0.139. The largest absolute Gasteiger partial charge is 0.503 e. The minimum atomic E-state index is -4.77. The molecule has 0 bridgehead atoms. The molecule has 4 aliphatic rings. The highest BCUT2D eigenvalue weighted by molar-refractivity contribution is 9.10. The Hall–Kier alpha value is -4.63. The quantitative estimate of drug-likeness (QED) is 0.145. The van der Waals surface area contributed by atoms with Crippen molar-refractivity contribution in [3.63, 3.8) is 0 Å². The average Bonchev–Trinajstić information content (AvgIpc) is 3.55. The number of aromatic nitrogens is 1. The van der Waals surface area contributed by atoms with E-state index >= 15 is 4.79 Å². The number of methoxy groups -OCH3 is 1. The van der Waals surface area contributed by atoms with E-state index in [1.54, 1.807) is 61.5 Å². The van der Waals surface area contributed by atoms with E-state index < -0.39 is 75.4 Å². The number of phenolic OH excluding ortho intramolecular Hbond substituents is 1. The molecule has 2 N–H and O–H groups in total. The van der Waals surface area contributed by atoms with E-state index in [2.05, 4.69) is 26.3 Å². The molecule has 3 heterocycles. The molecular formula is C40H29BrCl3F3N4O6. The van der Waals surface area contributed by atoms with Crippen LogP contribution < -0.4 is 15.1 Å². The van der Waals surface area contributed by atoms with Gasteiger partial charge in [0.15, 0.2) is 17.3 Å². The number of aromatic hydroxyl groups is 1. The summed E-state index contributed by atoms with van der Waals surface area (Å²) in [7, 11) is 1.35. The zero-order valence-corrected chi connectivity index (χ0v) is 33.6. The van der Waals surface area contributed by atoms with Gasteiger partial charge in [0.05, 0.1) is 51.0 Å². The van der Waals surface area contributed by atoms with Crippen molar-refractivity contribution in [2.24, 2.45) is 23.7 Å². The third-order valence-electron chi connectivity index (χ3n) is 11.6. The molecule has 2 aliphatic carbocycles. The first kappa shape index (κ1) is 39.2. The van der Waals surface area contributed by atoms with E-state index in [1.165, 1.54) is 7.11 Å². The number of imide groups is 2. The van der Waals surface area contributed by atoms with E-state index in [1.807, 2.05) is 6.08 Å². The number of hydrogen-bond donors (Lipinski definition) is 2. The fraction of sp³-hybridized carbons (Fsp3) is 0.275. The number of halogens is 7. The molecule has 2 aliphatic heterocycles. The summed E-state index contributed by atoms with van der Waals surface area (Å²) in [6.07, 6.45) is -2.35. The molecule has 4 aromatic rings. The monoisotopic (exact) mass is 902 g/mol. The number of hydrogen-bond acceptors (Lipinski definition) is 8. The number of rotatable bonds is 6. The van der Waals surface area contributed by atoms with Crippen LogP contribution in [0.4, 0.5) is 24.7 Å². The smallest absolute Gasteiger partial charge is 0.417 e. The molecule has 6 unspecified atom stereocenters. The maximum atomic E-state index is 15.4. The van der Waals surface area contributed by atoms with Crippen LogP contribution in [0, 0.1) is 30.6 Å². The Morgan fingerprint density at radius 1 is 0.947 bits per heavy atom. The Labute approximate surface area is 346 Å². The standard InChI is InChI=1S/C40H29BrCl3F3N4O6/c1-17-3-8-22(14-28(17)43)50-35(53)24-10-9-23-25(31(24)37(50)55)15-26-36(54)51(49-34-29(44)13-20(16-48-34)40(45,46)47)38(56)39(26,19-4-6-21(42)7-5-19)32(23)18-11-27(41)33(52)30(12-18)57-2/h3-9,11-14,16,24-26,31-32,52H,10,15H2,1-2H3,(H,48,49). The molecule has 1 saturated carbocycles. The number of ether oxygens (including phenoxy) is 1. The summed E-state index contributed by atoms with van der Waals surface area (Å²) in [5, 5.41) is 11.8. The lowest BCUT2D eigenvalue weighted by Gasteiger charge is -2.50. The molecule has 2 saturated heterocycles. The van der Waals surface area contributed by atoms with Gasteiger partial charge in [0.1, 0.15) is 0 Å². The first-order valence-corrected chi connectivity index (χ1v) is 19.5. The number of pyridine rings is 1. The van der Waals surface area contributed by atoms with Crippen molar-refractivity contribution in [2.45, 2.75) is 37.3 Å². The third-order valence-corrected chi connectivity index (χ3v) is 13.1. The van der Waals surface area contributed by atoms with Crippen LogP contribution in [-0.4, -0.2) is 45.8 Å². The number of nitrogens with one attached hydrogen (secondary N) is 1. The van der Waals surface area contributed by atoms with Gasteiger partial charge in [-0.25, -0.2) is 9.88 Å². The van der Waals surface area contributed by atoms with Crippen LogP contribution in [0.2, 0.25) is 15.1 Å². The van der Waals surface area contributed by atoms with Crippen LogP contribution in [0.1, 0.15) is 41.0 Å². The maximum absolute atomic E-state index is 15.4. The number of allylic oxidation sites excluding steroid dienone is 2. The number of carbonyl (C=O) groups is 4. The Morgan fingerprint density at radius 2 is 1.67 bits per heavy atom. The number of phenols is 1. The Kier molecular flexibility index (Phi) is 9.65. The lowest BCUT2D eigenvalue weighted by Crippen LogP contribution is -2.53. The minimum Gasteiger partial charge on any atom is -0.503 e. The van der Waals surface area contributed by atoms with Gasteiger partial charge in [0.2, 0.25) is 11.8 Å². The number of fused-ring (bicyclic) bond motifs is 4. The molecule has 3 fully saturated rings. The number of hydrazine groups is 1. The van der Waals surface area contributed by atoms with Crippen LogP contribution in [-0.2, 0) is 30.8 Å². The number of nitrogens with zero attached hydrogens (tertiary/aromatic N) is 3. The topological polar surface area (TPSA) is 129 Å². The summed E-state index contributed by atoms with van der Waals surface area (Å²) in [5.41, 5.74) is 2.11. The van der Waals surface area contributed by atoms with E-state index in [4.69, 9.17) is 39.5 Å². The van der Waals surface area contributed by atoms with Crippen molar-refractivity contribution in [1.82, 2.24) is 9.99 Å². The van der Waals surface area contributed by atoms with E-state index in [0.717, 1.165) is 10.5 Å². The lowest BCUT2D eigenvalue weighted by atomic mass is 9.49. The van der Waals surface area contributed by atoms with Crippen molar-refractivity contribution in [1.29, 1.82) is 0 Å². The van der Waals surface area contributed by atoms with Crippen molar-refractivity contribution < 1.29 is 42.2 Å². The number of benzene rings is 3. The fourth-order valence-electron chi connectivity index (χ4n) is 9.05. The number of anilines is 2. The van der Waals surface area contributed by atoms with Gasteiger partial charge in [-0.2, -0.15) is 18.2 Å². The molecule has 57 heavy (non-hydrogen) atoms. The molecule has 17 heteroatoms. The Bertz CT molecular complexity index is 2450. The number of aryl methyl sites for hydroxylation is 1. The van der Waals surface area contributed by atoms with Gasteiger partial charge in [-0.1, -0.05) is 64.7 Å². The van der Waals surface area contributed by atoms with Gasteiger partial charge >= 0.3 is 6.18 Å². The van der Waals surface area contributed by atoms with Gasteiger partial charge in [-0.05, 0) is 101 Å². The average molecular weight is 905 g/mol. The normalized spacial score (nSPS) is 25.6. The first-order valence-electron chi connectivity index (χ1n) is 17.5. The van der Waals surface area contributed by atoms with Gasteiger partial charge in [0.25, 0.3) is 11.8 Å². The van der Waals surface area contributed by atoms with Crippen molar-refractivity contribution in [3.05, 3.63) is 120 Å². The van der Waals surface area contributed by atoms with Crippen molar-refractivity contribution in [2.75, 3.05) is 17.4 Å². The van der Waals surface area contributed by atoms with Crippen molar-refractivity contribution in [3.8, 4) is 11.5 Å². The van der Waals surface area contributed by atoms with Crippen LogP contribution in [0.15, 0.2) is 83.0 Å². The summed E-state index contributed by atoms with van der Waals surface area (Å²) < 4.78 is 46.3. The van der Waals surface area contributed by atoms with Crippen molar-refractivity contribution >= 4 is 85.9 Å². The second-order valence-corrected chi connectivity index (χ2v) is 16.5. The van der Waals surface area contributed by atoms with Crippen LogP contribution in [0.5, 0.6) is 11.5 Å². The molecule has 4 amide bonds.